The van der Waals surface area contributed by atoms with Crippen molar-refractivity contribution < 1.29 is 0 Å². The molecule has 0 unspecified atom stereocenters. The third-order valence-corrected chi connectivity index (χ3v) is 11.3. The maximum atomic E-state index is 2.39. The Morgan fingerprint density at radius 2 is 0.857 bits per heavy atom. The number of rotatable bonds is 6. The normalized spacial score (nSPS) is 11.6. The maximum absolute atomic E-state index is 2.39. The molecule has 0 bridgehead atoms. The van der Waals surface area contributed by atoms with Gasteiger partial charge < -0.3 is 9.47 Å². The van der Waals surface area contributed by atoms with E-state index in [1.807, 2.05) is 0 Å². The van der Waals surface area contributed by atoms with Gasteiger partial charge in [-0.2, -0.15) is 0 Å². The second kappa shape index (κ2) is 13.2. The SMILES string of the molecule is c1ccc(-n2c3ccccc3c3c(-c4ccc(N(c5ccc(-c6ccc7ccccc7c6)cc5)c5ccc6ccc7ccccc7c6c5)cc4)cccc32)cc1. The van der Waals surface area contributed by atoms with E-state index in [2.05, 4.69) is 228 Å². The van der Waals surface area contributed by atoms with Crippen LogP contribution in [0.5, 0.6) is 0 Å². The summed E-state index contributed by atoms with van der Waals surface area (Å²) in [5.41, 5.74) is 11.7. The van der Waals surface area contributed by atoms with Crippen molar-refractivity contribution >= 4 is 71.2 Å². The van der Waals surface area contributed by atoms with Crippen molar-refractivity contribution in [2.45, 2.75) is 0 Å². The molecule has 0 spiro atoms. The summed E-state index contributed by atoms with van der Waals surface area (Å²) in [6, 6.07) is 79.5. The van der Waals surface area contributed by atoms with Gasteiger partial charge in [-0.1, -0.05) is 152 Å². The number of fused-ring (bicyclic) bond motifs is 7. The Morgan fingerprint density at radius 1 is 0.304 bits per heavy atom. The number of para-hydroxylation sites is 2. The van der Waals surface area contributed by atoms with Gasteiger partial charge in [0, 0.05) is 33.5 Å². The lowest BCUT2D eigenvalue weighted by Crippen LogP contribution is -2.09. The summed E-state index contributed by atoms with van der Waals surface area (Å²) < 4.78 is 2.38. The molecular weight excluding hydrogens is 677 g/mol. The molecule has 0 aliphatic carbocycles. The van der Waals surface area contributed by atoms with Crippen LogP contribution >= 0.6 is 0 Å². The van der Waals surface area contributed by atoms with Gasteiger partial charge in [0.15, 0.2) is 0 Å². The van der Waals surface area contributed by atoms with E-state index in [4.69, 9.17) is 0 Å². The number of benzene rings is 10. The second-order valence-electron chi connectivity index (χ2n) is 14.6. The summed E-state index contributed by atoms with van der Waals surface area (Å²) in [6.07, 6.45) is 0. The molecule has 1 aromatic heterocycles. The lowest BCUT2D eigenvalue weighted by Gasteiger charge is -2.26. The molecule has 2 heteroatoms. The fourth-order valence-corrected chi connectivity index (χ4v) is 8.65. The van der Waals surface area contributed by atoms with Crippen LogP contribution in [0.2, 0.25) is 0 Å². The first-order chi connectivity index (χ1) is 27.8. The van der Waals surface area contributed by atoms with E-state index in [0.29, 0.717) is 0 Å². The van der Waals surface area contributed by atoms with E-state index in [-0.39, 0.29) is 0 Å². The van der Waals surface area contributed by atoms with Gasteiger partial charge >= 0.3 is 0 Å². The summed E-state index contributed by atoms with van der Waals surface area (Å²) in [7, 11) is 0. The highest BCUT2D eigenvalue weighted by molar-refractivity contribution is 6.16. The average Bonchev–Trinajstić information content (AvgIpc) is 3.62. The van der Waals surface area contributed by atoms with Crippen LogP contribution in [0.1, 0.15) is 0 Å². The van der Waals surface area contributed by atoms with Gasteiger partial charge in [0.05, 0.1) is 11.0 Å². The second-order valence-corrected chi connectivity index (χ2v) is 14.6. The largest absolute Gasteiger partial charge is 0.310 e. The Labute approximate surface area is 325 Å². The van der Waals surface area contributed by atoms with Gasteiger partial charge in [-0.05, 0) is 121 Å². The fourth-order valence-electron chi connectivity index (χ4n) is 8.65. The first-order valence-electron chi connectivity index (χ1n) is 19.3. The summed E-state index contributed by atoms with van der Waals surface area (Å²) in [6.45, 7) is 0. The molecule has 11 rings (SSSR count). The van der Waals surface area contributed by atoms with Crippen LogP contribution in [0, 0.1) is 0 Å². The van der Waals surface area contributed by atoms with Crippen molar-refractivity contribution in [1.29, 1.82) is 0 Å². The zero-order valence-corrected chi connectivity index (χ0v) is 30.7. The standard InChI is InChI=1S/C54H36N2/c1-2-14-44(15-3-1)56-52-19-9-8-17-50(52)54-49(18-10-20-53(54)56)40-27-32-46(33-28-40)55(47-34-29-41-23-22-39-12-6-7-16-48(39)51(41)36-47)45-30-25-38(26-31-45)43-24-21-37-11-4-5-13-42(37)35-43/h1-36H. The van der Waals surface area contributed by atoms with Crippen molar-refractivity contribution in [2.75, 3.05) is 4.90 Å². The topological polar surface area (TPSA) is 8.17 Å². The number of anilines is 3. The highest BCUT2D eigenvalue weighted by atomic mass is 15.1. The zero-order chi connectivity index (χ0) is 37.0. The van der Waals surface area contributed by atoms with Gasteiger partial charge in [-0.25, -0.2) is 0 Å². The lowest BCUT2D eigenvalue weighted by atomic mass is 9.98. The molecule has 11 aromatic rings. The molecule has 1 heterocycles. The molecule has 262 valence electrons. The highest BCUT2D eigenvalue weighted by Gasteiger charge is 2.18. The van der Waals surface area contributed by atoms with E-state index >= 15 is 0 Å². The molecule has 0 aliphatic rings. The smallest absolute Gasteiger partial charge is 0.0547 e. The Bertz CT molecular complexity index is 3230. The van der Waals surface area contributed by atoms with Crippen molar-refractivity contribution in [3.63, 3.8) is 0 Å². The summed E-state index contributed by atoms with van der Waals surface area (Å²) >= 11 is 0. The number of hydrogen-bond donors (Lipinski definition) is 0. The number of hydrogen-bond acceptors (Lipinski definition) is 1. The fraction of sp³-hybridized carbons (Fsp3) is 0. The molecule has 56 heavy (non-hydrogen) atoms. The van der Waals surface area contributed by atoms with E-state index in [1.54, 1.807) is 0 Å². The Balaban J connectivity index is 1.05. The summed E-state index contributed by atoms with van der Waals surface area (Å²) in [4.78, 5) is 2.39. The highest BCUT2D eigenvalue weighted by Crippen LogP contribution is 2.42. The van der Waals surface area contributed by atoms with Gasteiger partial charge in [0.25, 0.3) is 0 Å². The van der Waals surface area contributed by atoms with Crippen LogP contribution in [0.15, 0.2) is 218 Å². The van der Waals surface area contributed by atoms with Crippen molar-refractivity contribution in [3.8, 4) is 27.9 Å². The van der Waals surface area contributed by atoms with Crippen molar-refractivity contribution in [1.82, 2.24) is 4.57 Å². The summed E-state index contributed by atoms with van der Waals surface area (Å²) in [5, 5.41) is 10.0. The predicted molar refractivity (Wildman–Crippen MR) is 239 cm³/mol. The van der Waals surface area contributed by atoms with Gasteiger partial charge in [0.2, 0.25) is 0 Å². The van der Waals surface area contributed by atoms with E-state index in [1.165, 1.54) is 76.4 Å². The third-order valence-electron chi connectivity index (χ3n) is 11.3. The van der Waals surface area contributed by atoms with Crippen LogP contribution in [-0.4, -0.2) is 4.57 Å². The molecule has 0 radical (unpaired) electrons. The van der Waals surface area contributed by atoms with Crippen LogP contribution in [0.25, 0.3) is 82.1 Å². The zero-order valence-electron chi connectivity index (χ0n) is 30.7. The lowest BCUT2D eigenvalue weighted by molar-refractivity contribution is 1.18. The maximum Gasteiger partial charge on any atom is 0.0547 e. The quantitative estimate of drug-likeness (QED) is 0.156. The van der Waals surface area contributed by atoms with E-state index in [0.717, 1.165) is 22.7 Å². The first kappa shape index (κ1) is 32.0. The first-order valence-corrected chi connectivity index (χ1v) is 19.3. The molecule has 0 saturated heterocycles. The Kier molecular flexibility index (Phi) is 7.53. The molecule has 0 saturated carbocycles. The van der Waals surface area contributed by atoms with E-state index < -0.39 is 0 Å². The molecule has 0 N–H and O–H groups in total. The molecule has 0 atom stereocenters. The molecule has 0 aliphatic heterocycles. The number of aromatic nitrogens is 1. The average molecular weight is 713 g/mol. The third kappa shape index (κ3) is 5.34. The minimum Gasteiger partial charge on any atom is -0.310 e. The van der Waals surface area contributed by atoms with Crippen molar-refractivity contribution in [3.05, 3.63) is 218 Å². The minimum atomic E-state index is 1.10. The molecule has 10 aromatic carbocycles. The van der Waals surface area contributed by atoms with Crippen molar-refractivity contribution in [2.24, 2.45) is 0 Å². The molecule has 0 amide bonds. The monoisotopic (exact) mass is 712 g/mol. The van der Waals surface area contributed by atoms with Gasteiger partial charge in [-0.3, -0.25) is 0 Å². The number of nitrogens with zero attached hydrogens (tertiary/aromatic N) is 2. The van der Waals surface area contributed by atoms with Crippen LogP contribution in [0.4, 0.5) is 17.1 Å². The van der Waals surface area contributed by atoms with Gasteiger partial charge in [0.1, 0.15) is 0 Å². The van der Waals surface area contributed by atoms with E-state index in [9.17, 15) is 0 Å². The predicted octanol–water partition coefficient (Wildman–Crippen LogP) is 15.0. The molecular formula is C54H36N2. The minimum absolute atomic E-state index is 1.10. The Hall–Kier alpha value is -7.42. The molecule has 2 nitrogen and oxygen atoms in total. The van der Waals surface area contributed by atoms with Gasteiger partial charge in [-0.15, -0.1) is 0 Å². The molecule has 0 fully saturated rings. The van der Waals surface area contributed by atoms with Crippen LogP contribution in [0.3, 0.4) is 0 Å². The van der Waals surface area contributed by atoms with Crippen LogP contribution < -0.4 is 4.90 Å². The Morgan fingerprint density at radius 3 is 1.64 bits per heavy atom. The van der Waals surface area contributed by atoms with Crippen LogP contribution in [-0.2, 0) is 0 Å². The summed E-state index contributed by atoms with van der Waals surface area (Å²) in [5.74, 6) is 0.